The molecule has 1 saturated heterocycles. The number of ether oxygens (including phenoxy) is 1. The lowest BCUT2D eigenvalue weighted by Crippen LogP contribution is -2.48. The van der Waals surface area contributed by atoms with Crippen LogP contribution < -0.4 is 0 Å². The van der Waals surface area contributed by atoms with Gasteiger partial charge in [-0.1, -0.05) is 34.6 Å². The molecule has 0 saturated carbocycles. The molecule has 3 nitrogen and oxygen atoms in total. The molecule has 1 heterocycles. The number of hydrogen-bond acceptors (Lipinski definition) is 3. The summed E-state index contributed by atoms with van der Waals surface area (Å²) in [5.74, 6) is 0.103. The molecule has 1 aliphatic heterocycles. The van der Waals surface area contributed by atoms with Crippen molar-refractivity contribution in [1.82, 2.24) is 0 Å². The number of hydrogen-bond donors (Lipinski definition) is 1. The molecule has 0 aromatic rings. The van der Waals surface area contributed by atoms with Crippen molar-refractivity contribution in [1.29, 1.82) is 0 Å². The SMILES string of the molecule is [B][C@@H]1O[C@@](CC)(CO)C(C)[C@@H]1O[Si](C)(C)C(C)(C)C. The first kappa shape index (κ1) is 17.2. The molecule has 0 aromatic heterocycles. The Balaban J connectivity index is 2.91. The summed E-state index contributed by atoms with van der Waals surface area (Å²) in [6.45, 7) is 15.2. The molecule has 1 fully saturated rings. The fourth-order valence-electron chi connectivity index (χ4n) is 2.41. The molecule has 0 amide bonds. The summed E-state index contributed by atoms with van der Waals surface area (Å²) in [6.07, 6.45) is 0.614. The molecule has 0 aliphatic carbocycles. The van der Waals surface area contributed by atoms with E-state index in [0.717, 1.165) is 6.42 Å². The van der Waals surface area contributed by atoms with Crippen molar-refractivity contribution >= 4 is 16.2 Å². The second-order valence-corrected chi connectivity index (χ2v) is 12.0. The average Bonchev–Trinajstić information content (AvgIpc) is 2.52. The molecule has 0 spiro atoms. The molecule has 0 aromatic carbocycles. The molecule has 0 bridgehead atoms. The van der Waals surface area contributed by atoms with E-state index in [1.54, 1.807) is 0 Å². The van der Waals surface area contributed by atoms with E-state index < -0.39 is 19.9 Å². The Bertz CT molecular complexity index is 310. The topological polar surface area (TPSA) is 38.7 Å². The van der Waals surface area contributed by atoms with Gasteiger partial charge in [-0.05, 0) is 24.6 Å². The Kier molecular flexibility index (Phi) is 4.99. The molecule has 1 aliphatic rings. The standard InChI is InChI=1S/C14H29BO3Si/c1-8-14(9-16)10(2)11(12(15)17-14)18-19(6,7)13(3,4)5/h10-12,16H,8-9H2,1-7H3/t10?,11-,12+,14-/m0/s1. The van der Waals surface area contributed by atoms with E-state index in [2.05, 4.69) is 40.8 Å². The maximum atomic E-state index is 9.66. The summed E-state index contributed by atoms with van der Waals surface area (Å²) in [4.78, 5) is 0. The average molecular weight is 284 g/mol. The zero-order valence-corrected chi connectivity index (χ0v) is 14.5. The third-order valence-electron chi connectivity index (χ3n) is 5.12. The van der Waals surface area contributed by atoms with E-state index in [0.29, 0.717) is 0 Å². The lowest BCUT2D eigenvalue weighted by Gasteiger charge is -2.40. The van der Waals surface area contributed by atoms with Gasteiger partial charge in [0.1, 0.15) is 7.85 Å². The Labute approximate surface area is 120 Å². The molecule has 2 radical (unpaired) electrons. The Hall–Kier alpha value is 0.162. The quantitative estimate of drug-likeness (QED) is 0.807. The monoisotopic (exact) mass is 284 g/mol. The van der Waals surface area contributed by atoms with Crippen molar-refractivity contribution in [3.05, 3.63) is 0 Å². The van der Waals surface area contributed by atoms with Crippen LogP contribution in [0.4, 0.5) is 0 Å². The first-order valence-corrected chi connectivity index (χ1v) is 10.1. The van der Waals surface area contributed by atoms with E-state index in [-0.39, 0.29) is 23.7 Å². The van der Waals surface area contributed by atoms with Crippen LogP contribution in [0.5, 0.6) is 0 Å². The third-order valence-corrected chi connectivity index (χ3v) is 9.59. The van der Waals surface area contributed by atoms with Gasteiger partial charge < -0.3 is 14.3 Å². The minimum absolute atomic E-state index is 0.00424. The Morgan fingerprint density at radius 1 is 1.37 bits per heavy atom. The first-order valence-electron chi connectivity index (χ1n) is 7.23. The highest BCUT2D eigenvalue weighted by molar-refractivity contribution is 6.74. The van der Waals surface area contributed by atoms with E-state index in [9.17, 15) is 5.11 Å². The minimum atomic E-state index is -1.88. The van der Waals surface area contributed by atoms with Crippen LogP contribution in [0, 0.1) is 5.92 Å². The predicted molar refractivity (Wildman–Crippen MR) is 82.0 cm³/mol. The van der Waals surface area contributed by atoms with E-state index >= 15 is 0 Å². The van der Waals surface area contributed by atoms with Crippen molar-refractivity contribution in [3.63, 3.8) is 0 Å². The van der Waals surface area contributed by atoms with Gasteiger partial charge in [-0.15, -0.1) is 0 Å². The van der Waals surface area contributed by atoms with Gasteiger partial charge >= 0.3 is 0 Å². The van der Waals surface area contributed by atoms with Gasteiger partial charge in [-0.3, -0.25) is 0 Å². The lowest BCUT2D eigenvalue weighted by molar-refractivity contribution is -0.0709. The molecule has 19 heavy (non-hydrogen) atoms. The van der Waals surface area contributed by atoms with Crippen LogP contribution in [-0.2, 0) is 9.16 Å². The number of aliphatic hydroxyl groups excluding tert-OH is 1. The molecular formula is C14H29BO3Si. The second-order valence-electron chi connectivity index (χ2n) is 7.29. The zero-order valence-electron chi connectivity index (χ0n) is 13.5. The molecule has 4 atom stereocenters. The van der Waals surface area contributed by atoms with E-state index in [1.165, 1.54) is 0 Å². The van der Waals surface area contributed by atoms with Gasteiger partial charge in [-0.25, -0.2) is 0 Å². The first-order chi connectivity index (χ1) is 8.50. The van der Waals surface area contributed by atoms with Gasteiger partial charge in [0.15, 0.2) is 8.32 Å². The minimum Gasteiger partial charge on any atom is -0.412 e. The summed E-state index contributed by atoms with van der Waals surface area (Å²) in [7, 11) is 4.23. The van der Waals surface area contributed by atoms with Crippen LogP contribution in [0.15, 0.2) is 0 Å². The predicted octanol–water partition coefficient (Wildman–Crippen LogP) is 2.68. The third kappa shape index (κ3) is 3.09. The fourth-order valence-corrected chi connectivity index (χ4v) is 3.79. The van der Waals surface area contributed by atoms with Crippen LogP contribution in [0.1, 0.15) is 41.0 Å². The van der Waals surface area contributed by atoms with Crippen LogP contribution in [0.25, 0.3) is 0 Å². The lowest BCUT2D eigenvalue weighted by atomic mass is 9.82. The van der Waals surface area contributed by atoms with Crippen LogP contribution in [-0.4, -0.2) is 45.6 Å². The Morgan fingerprint density at radius 3 is 2.21 bits per heavy atom. The summed E-state index contributed by atoms with van der Waals surface area (Å²) in [5.41, 5.74) is -0.549. The Morgan fingerprint density at radius 2 is 1.89 bits per heavy atom. The van der Waals surface area contributed by atoms with E-state index in [4.69, 9.17) is 17.0 Å². The van der Waals surface area contributed by atoms with E-state index in [1.807, 2.05) is 6.92 Å². The molecule has 1 rings (SSSR count). The van der Waals surface area contributed by atoms with Gasteiger partial charge in [-0.2, -0.15) is 0 Å². The highest BCUT2D eigenvalue weighted by Gasteiger charge is 2.52. The van der Waals surface area contributed by atoms with Gasteiger partial charge in [0.05, 0.1) is 18.3 Å². The summed E-state index contributed by atoms with van der Waals surface area (Å²) >= 11 is 0. The van der Waals surface area contributed by atoms with Gasteiger partial charge in [0.2, 0.25) is 0 Å². The molecule has 110 valence electrons. The zero-order chi connectivity index (χ0) is 15.1. The largest absolute Gasteiger partial charge is 0.412 e. The maximum absolute atomic E-state index is 9.66. The molecule has 1 unspecified atom stereocenters. The fraction of sp³-hybridized carbons (Fsp3) is 1.00. The highest BCUT2D eigenvalue weighted by atomic mass is 28.4. The highest BCUT2D eigenvalue weighted by Crippen LogP contribution is 2.44. The van der Waals surface area contributed by atoms with Gasteiger partial charge in [0.25, 0.3) is 0 Å². The van der Waals surface area contributed by atoms with Crippen molar-refractivity contribution < 1.29 is 14.3 Å². The maximum Gasteiger partial charge on any atom is 0.192 e. The second kappa shape index (κ2) is 5.51. The summed E-state index contributed by atoms with van der Waals surface area (Å²) in [6, 6.07) is -0.448. The van der Waals surface area contributed by atoms with Crippen molar-refractivity contribution in [2.75, 3.05) is 6.61 Å². The normalized spacial score (nSPS) is 36.7. The van der Waals surface area contributed by atoms with Crippen LogP contribution >= 0.6 is 0 Å². The van der Waals surface area contributed by atoms with Gasteiger partial charge in [0, 0.05) is 11.9 Å². The molecule has 5 heteroatoms. The van der Waals surface area contributed by atoms with Crippen LogP contribution in [0.3, 0.4) is 0 Å². The number of rotatable bonds is 4. The smallest absolute Gasteiger partial charge is 0.192 e. The molecule has 1 N–H and O–H groups in total. The number of aliphatic hydroxyl groups is 1. The van der Waals surface area contributed by atoms with Crippen LogP contribution in [0.2, 0.25) is 18.1 Å². The summed E-state index contributed by atoms with van der Waals surface area (Å²) < 4.78 is 12.3. The van der Waals surface area contributed by atoms with Crippen molar-refractivity contribution in [2.24, 2.45) is 5.92 Å². The van der Waals surface area contributed by atoms with Crippen molar-refractivity contribution in [3.8, 4) is 0 Å². The summed E-state index contributed by atoms with van der Waals surface area (Å²) in [5, 5.41) is 9.80. The molecular weight excluding hydrogens is 255 g/mol. The van der Waals surface area contributed by atoms with Crippen molar-refractivity contribution in [2.45, 2.75) is 76.9 Å².